The van der Waals surface area contributed by atoms with Gasteiger partial charge < -0.3 is 15.2 Å². The van der Waals surface area contributed by atoms with Crippen molar-refractivity contribution >= 4 is 29.0 Å². The fourth-order valence-electron chi connectivity index (χ4n) is 2.43. The molecule has 6 nitrogen and oxygen atoms in total. The number of amides is 1. The molecule has 150 valence electrons. The topological polar surface area (TPSA) is 88.5 Å². The molecule has 0 aliphatic heterocycles. The van der Waals surface area contributed by atoms with Crippen LogP contribution in [0.15, 0.2) is 36.4 Å². The average Bonchev–Trinajstić information content (AvgIpc) is 2.57. The molecule has 0 saturated carbocycles. The Kier molecular flexibility index (Phi) is 6.12. The first-order valence-corrected chi connectivity index (χ1v) is 9.20. The summed E-state index contributed by atoms with van der Waals surface area (Å²) in [4.78, 5) is 27.9. The van der Waals surface area contributed by atoms with Gasteiger partial charge in [-0.15, -0.1) is 0 Å². The van der Waals surface area contributed by atoms with E-state index >= 15 is 0 Å². The number of alkyl carbamates (subject to hydrolysis) is 1. The molecule has 0 saturated heterocycles. The van der Waals surface area contributed by atoms with Crippen molar-refractivity contribution in [1.29, 1.82) is 0 Å². The third-order valence-electron chi connectivity index (χ3n) is 4.16. The molecular formula is C22H28N2O4. The SMILES string of the molecule is CC(NC(=O)OC(C)(C)C)c1ccc2ccc(C=CC(C)(C)C(=O)O)cc2n1. The van der Waals surface area contributed by atoms with Gasteiger partial charge in [-0.3, -0.25) is 9.78 Å². The molecule has 1 unspecified atom stereocenters. The minimum atomic E-state index is -0.948. The number of pyridine rings is 1. The number of carbonyl (C=O) groups excluding carboxylic acids is 1. The fraction of sp³-hybridized carbons (Fsp3) is 0.409. The van der Waals surface area contributed by atoms with Crippen molar-refractivity contribution in [2.45, 2.75) is 53.2 Å². The quantitative estimate of drug-likeness (QED) is 0.762. The Morgan fingerprint density at radius 2 is 1.79 bits per heavy atom. The van der Waals surface area contributed by atoms with E-state index in [0.717, 1.165) is 16.5 Å². The number of nitrogens with zero attached hydrogens (tertiary/aromatic N) is 1. The third kappa shape index (κ3) is 5.81. The maximum absolute atomic E-state index is 12.0. The van der Waals surface area contributed by atoms with E-state index in [1.807, 2.05) is 58.0 Å². The second kappa shape index (κ2) is 8.00. The van der Waals surface area contributed by atoms with E-state index in [4.69, 9.17) is 4.74 Å². The van der Waals surface area contributed by atoms with Crippen LogP contribution < -0.4 is 5.32 Å². The maximum atomic E-state index is 12.0. The van der Waals surface area contributed by atoms with Crippen molar-refractivity contribution in [3.05, 3.63) is 47.7 Å². The van der Waals surface area contributed by atoms with Crippen molar-refractivity contribution < 1.29 is 19.4 Å². The molecule has 2 rings (SSSR count). The predicted octanol–water partition coefficient (Wildman–Crippen LogP) is 4.94. The second-order valence-electron chi connectivity index (χ2n) is 8.42. The molecule has 1 atom stereocenters. The standard InChI is InChI=1S/C22H28N2O4/c1-14(23-20(27)28-21(2,3)4)17-10-9-16-8-7-15(13-18(16)24-17)11-12-22(5,6)19(25)26/h7-14H,1-6H3,(H,23,27)(H,25,26). The zero-order chi connectivity index (χ0) is 21.1. The number of carbonyl (C=O) groups is 2. The lowest BCUT2D eigenvalue weighted by Gasteiger charge is -2.22. The Balaban J connectivity index is 2.23. The van der Waals surface area contributed by atoms with E-state index in [-0.39, 0.29) is 6.04 Å². The molecule has 2 aromatic rings. The molecule has 28 heavy (non-hydrogen) atoms. The van der Waals surface area contributed by atoms with Gasteiger partial charge in [0.15, 0.2) is 0 Å². The van der Waals surface area contributed by atoms with E-state index in [1.165, 1.54) is 0 Å². The number of nitrogens with one attached hydrogen (secondary N) is 1. The highest BCUT2D eigenvalue weighted by atomic mass is 16.6. The molecule has 0 fully saturated rings. The minimum Gasteiger partial charge on any atom is -0.481 e. The lowest BCUT2D eigenvalue weighted by atomic mass is 9.92. The highest BCUT2D eigenvalue weighted by Crippen LogP contribution is 2.22. The first-order valence-electron chi connectivity index (χ1n) is 9.20. The van der Waals surface area contributed by atoms with Gasteiger partial charge in [0, 0.05) is 5.39 Å². The lowest BCUT2D eigenvalue weighted by Crippen LogP contribution is -2.34. The molecule has 0 bridgehead atoms. The van der Waals surface area contributed by atoms with Crippen molar-refractivity contribution in [3.8, 4) is 0 Å². The summed E-state index contributed by atoms with van der Waals surface area (Å²) in [6, 6.07) is 9.25. The highest BCUT2D eigenvalue weighted by molar-refractivity contribution is 5.82. The number of rotatable bonds is 5. The van der Waals surface area contributed by atoms with Crippen molar-refractivity contribution in [2.75, 3.05) is 0 Å². The smallest absolute Gasteiger partial charge is 0.408 e. The summed E-state index contributed by atoms with van der Waals surface area (Å²) in [5, 5.41) is 13.0. The van der Waals surface area contributed by atoms with Crippen molar-refractivity contribution in [2.24, 2.45) is 5.41 Å². The van der Waals surface area contributed by atoms with Crippen molar-refractivity contribution in [3.63, 3.8) is 0 Å². The molecular weight excluding hydrogens is 356 g/mol. The van der Waals surface area contributed by atoms with Gasteiger partial charge in [-0.05, 0) is 59.2 Å². The number of carboxylic acid groups (broad SMARTS) is 1. The van der Waals surface area contributed by atoms with Crippen LogP contribution in [0, 0.1) is 5.41 Å². The zero-order valence-corrected chi connectivity index (χ0v) is 17.2. The van der Waals surface area contributed by atoms with Crippen LogP contribution in [0.5, 0.6) is 0 Å². The lowest BCUT2D eigenvalue weighted by molar-refractivity contribution is -0.144. The first-order chi connectivity index (χ1) is 12.9. The second-order valence-corrected chi connectivity index (χ2v) is 8.42. The Labute approximate surface area is 165 Å². The molecule has 0 spiro atoms. The van der Waals surface area contributed by atoms with Gasteiger partial charge in [0.1, 0.15) is 5.60 Å². The first kappa shape index (κ1) is 21.4. The number of benzene rings is 1. The Bertz CT molecular complexity index is 910. The van der Waals surface area contributed by atoms with Gasteiger partial charge in [0.2, 0.25) is 0 Å². The van der Waals surface area contributed by atoms with Gasteiger partial charge in [-0.2, -0.15) is 0 Å². The van der Waals surface area contributed by atoms with E-state index in [1.54, 1.807) is 26.0 Å². The Morgan fingerprint density at radius 3 is 2.39 bits per heavy atom. The van der Waals surface area contributed by atoms with E-state index < -0.39 is 23.1 Å². The molecule has 2 N–H and O–H groups in total. The van der Waals surface area contributed by atoms with Gasteiger partial charge in [-0.1, -0.05) is 30.4 Å². The number of carboxylic acids is 1. The number of hydrogen-bond donors (Lipinski definition) is 2. The number of ether oxygens (including phenoxy) is 1. The molecule has 0 aliphatic carbocycles. The number of aliphatic carboxylic acids is 1. The summed E-state index contributed by atoms with van der Waals surface area (Å²) in [5.74, 6) is -0.882. The molecule has 0 radical (unpaired) electrons. The molecule has 1 amide bonds. The Hall–Kier alpha value is -2.89. The number of aromatic nitrogens is 1. The van der Waals surface area contributed by atoms with Crippen LogP contribution >= 0.6 is 0 Å². The van der Waals surface area contributed by atoms with Crippen LogP contribution in [0.25, 0.3) is 17.0 Å². The largest absolute Gasteiger partial charge is 0.481 e. The van der Waals surface area contributed by atoms with Crippen LogP contribution in [-0.4, -0.2) is 27.8 Å². The Morgan fingerprint density at radius 1 is 1.14 bits per heavy atom. The molecule has 6 heteroatoms. The van der Waals surface area contributed by atoms with Gasteiger partial charge >= 0.3 is 12.1 Å². The van der Waals surface area contributed by atoms with Crippen molar-refractivity contribution in [1.82, 2.24) is 10.3 Å². The minimum absolute atomic E-state index is 0.315. The fourth-order valence-corrected chi connectivity index (χ4v) is 2.43. The maximum Gasteiger partial charge on any atom is 0.408 e. The number of fused-ring (bicyclic) bond motifs is 1. The summed E-state index contributed by atoms with van der Waals surface area (Å²) >= 11 is 0. The van der Waals surface area contributed by atoms with Gasteiger partial charge in [0.05, 0.1) is 22.7 Å². The molecule has 0 aliphatic rings. The van der Waals surface area contributed by atoms with Gasteiger partial charge in [-0.25, -0.2) is 4.79 Å². The number of hydrogen-bond acceptors (Lipinski definition) is 4. The van der Waals surface area contributed by atoms with Crippen LogP contribution in [-0.2, 0) is 9.53 Å². The zero-order valence-electron chi connectivity index (χ0n) is 17.2. The van der Waals surface area contributed by atoms with Gasteiger partial charge in [0.25, 0.3) is 0 Å². The molecule has 1 heterocycles. The van der Waals surface area contributed by atoms with Crippen LogP contribution in [0.1, 0.15) is 58.8 Å². The van der Waals surface area contributed by atoms with E-state index in [9.17, 15) is 14.7 Å². The summed E-state index contributed by atoms with van der Waals surface area (Å²) in [7, 11) is 0. The molecule has 1 aromatic heterocycles. The summed E-state index contributed by atoms with van der Waals surface area (Å²) in [6.45, 7) is 10.6. The summed E-state index contributed by atoms with van der Waals surface area (Å²) in [6.07, 6.45) is 2.95. The summed E-state index contributed by atoms with van der Waals surface area (Å²) in [5.41, 5.74) is 0.831. The predicted molar refractivity (Wildman–Crippen MR) is 110 cm³/mol. The normalized spacial score (nSPS) is 13.5. The van der Waals surface area contributed by atoms with Crippen LogP contribution in [0.2, 0.25) is 0 Å². The third-order valence-corrected chi connectivity index (χ3v) is 4.16. The molecule has 1 aromatic carbocycles. The highest BCUT2D eigenvalue weighted by Gasteiger charge is 2.23. The summed E-state index contributed by atoms with van der Waals surface area (Å²) < 4.78 is 5.28. The monoisotopic (exact) mass is 384 g/mol. The van der Waals surface area contributed by atoms with E-state index in [0.29, 0.717) is 5.69 Å². The van der Waals surface area contributed by atoms with Crippen LogP contribution in [0.3, 0.4) is 0 Å². The average molecular weight is 384 g/mol. The van der Waals surface area contributed by atoms with Crippen LogP contribution in [0.4, 0.5) is 4.79 Å². The van der Waals surface area contributed by atoms with E-state index in [2.05, 4.69) is 10.3 Å².